The molecule has 1 unspecified atom stereocenters. The summed E-state index contributed by atoms with van der Waals surface area (Å²) in [5.74, 6) is 0. The van der Waals surface area contributed by atoms with Gasteiger partial charge in [0.05, 0.1) is 0 Å². The molecular formula is C16H18N2S. The lowest BCUT2D eigenvalue weighted by molar-refractivity contribution is 0.661. The fourth-order valence-corrected chi connectivity index (χ4v) is 3.69. The summed E-state index contributed by atoms with van der Waals surface area (Å²) >= 11 is 2.01. The average molecular weight is 270 g/mol. The zero-order chi connectivity index (χ0) is 12.9. The largest absolute Gasteiger partial charge is 0.315 e. The molecule has 98 valence electrons. The lowest BCUT2D eigenvalue weighted by Crippen LogP contribution is -2.26. The molecule has 0 saturated heterocycles. The van der Waals surface area contributed by atoms with E-state index >= 15 is 0 Å². The molecule has 0 amide bonds. The van der Waals surface area contributed by atoms with Crippen LogP contribution in [-0.4, -0.2) is 23.3 Å². The molecule has 19 heavy (non-hydrogen) atoms. The summed E-state index contributed by atoms with van der Waals surface area (Å²) < 4.78 is 0. The molecule has 1 aromatic carbocycles. The molecule has 0 aliphatic carbocycles. The Kier molecular flexibility index (Phi) is 4.16. The van der Waals surface area contributed by atoms with Crippen molar-refractivity contribution < 1.29 is 0 Å². The summed E-state index contributed by atoms with van der Waals surface area (Å²) in [5.41, 5.74) is 2.81. The van der Waals surface area contributed by atoms with Gasteiger partial charge in [0.1, 0.15) is 0 Å². The molecule has 1 aliphatic rings. The lowest BCUT2D eigenvalue weighted by Gasteiger charge is -2.09. The van der Waals surface area contributed by atoms with Crippen LogP contribution in [0, 0.1) is 0 Å². The zero-order valence-corrected chi connectivity index (χ0v) is 11.7. The number of nitrogens with one attached hydrogen (secondary N) is 1. The van der Waals surface area contributed by atoms with Crippen molar-refractivity contribution in [1.82, 2.24) is 10.3 Å². The van der Waals surface area contributed by atoms with Gasteiger partial charge in [0, 0.05) is 29.1 Å². The number of hydrogen-bond acceptors (Lipinski definition) is 3. The van der Waals surface area contributed by atoms with Gasteiger partial charge in [-0.3, -0.25) is 4.98 Å². The van der Waals surface area contributed by atoms with E-state index in [0.29, 0.717) is 5.25 Å². The van der Waals surface area contributed by atoms with Crippen molar-refractivity contribution in [2.75, 3.05) is 13.1 Å². The zero-order valence-electron chi connectivity index (χ0n) is 10.9. The summed E-state index contributed by atoms with van der Waals surface area (Å²) in [6.45, 7) is 2.11. The fraction of sp³-hybridized carbons (Fsp3) is 0.312. The topological polar surface area (TPSA) is 24.9 Å². The molecule has 2 nitrogen and oxygen atoms in total. The maximum Gasteiger partial charge on any atom is 0.0300 e. The van der Waals surface area contributed by atoms with E-state index < -0.39 is 0 Å². The highest BCUT2D eigenvalue weighted by atomic mass is 32.2. The Balaban J connectivity index is 1.41. The van der Waals surface area contributed by atoms with Gasteiger partial charge in [-0.25, -0.2) is 0 Å². The van der Waals surface area contributed by atoms with Crippen molar-refractivity contribution in [3.63, 3.8) is 0 Å². The van der Waals surface area contributed by atoms with Gasteiger partial charge in [-0.05, 0) is 42.6 Å². The molecule has 0 bridgehead atoms. The predicted molar refractivity (Wildman–Crippen MR) is 80.6 cm³/mol. The Hall–Kier alpha value is -1.32. The maximum atomic E-state index is 4.14. The minimum absolute atomic E-state index is 0.686. The van der Waals surface area contributed by atoms with Gasteiger partial charge in [0.25, 0.3) is 0 Å². The summed E-state index contributed by atoms with van der Waals surface area (Å²) in [5, 5.41) is 4.25. The van der Waals surface area contributed by atoms with Crippen molar-refractivity contribution in [1.29, 1.82) is 0 Å². The molecule has 0 spiro atoms. The predicted octanol–water partition coefficient (Wildman–Crippen LogP) is 2.93. The molecule has 0 radical (unpaired) electrons. The van der Waals surface area contributed by atoms with E-state index in [9.17, 15) is 0 Å². The van der Waals surface area contributed by atoms with E-state index in [1.807, 2.05) is 30.2 Å². The molecule has 2 aromatic rings. The molecule has 0 fully saturated rings. The molecule has 1 aromatic heterocycles. The van der Waals surface area contributed by atoms with Gasteiger partial charge < -0.3 is 5.32 Å². The van der Waals surface area contributed by atoms with E-state index in [4.69, 9.17) is 0 Å². The van der Waals surface area contributed by atoms with Crippen LogP contribution in [0.5, 0.6) is 0 Å². The second-order valence-electron chi connectivity index (χ2n) is 4.87. The number of pyridine rings is 1. The highest BCUT2D eigenvalue weighted by molar-refractivity contribution is 8.00. The van der Waals surface area contributed by atoms with Crippen LogP contribution in [0.4, 0.5) is 0 Å². The number of rotatable bonds is 5. The van der Waals surface area contributed by atoms with Gasteiger partial charge in [-0.2, -0.15) is 0 Å². The minimum Gasteiger partial charge on any atom is -0.315 e. The van der Waals surface area contributed by atoms with Crippen LogP contribution in [0.1, 0.15) is 11.1 Å². The monoisotopic (exact) mass is 270 g/mol. The number of aromatic nitrogens is 1. The number of nitrogens with zero attached hydrogens (tertiary/aromatic N) is 1. The minimum atomic E-state index is 0.686. The lowest BCUT2D eigenvalue weighted by atomic mass is 10.1. The normalized spacial score (nSPS) is 17.4. The molecular weight excluding hydrogens is 252 g/mol. The SMILES string of the molecule is c1cncc(CCNCC2Cc3ccccc3S2)c1. The molecule has 2 heterocycles. The van der Waals surface area contributed by atoms with Crippen LogP contribution < -0.4 is 5.32 Å². The van der Waals surface area contributed by atoms with Crippen molar-refractivity contribution in [2.24, 2.45) is 0 Å². The first-order chi connectivity index (χ1) is 9.42. The Bertz CT molecular complexity index is 502. The number of thioether (sulfide) groups is 1. The van der Waals surface area contributed by atoms with Crippen LogP contribution in [0.2, 0.25) is 0 Å². The average Bonchev–Trinajstić information content (AvgIpc) is 2.87. The maximum absolute atomic E-state index is 4.14. The van der Waals surface area contributed by atoms with Crippen LogP contribution in [-0.2, 0) is 12.8 Å². The second-order valence-corrected chi connectivity index (χ2v) is 6.21. The van der Waals surface area contributed by atoms with Crippen LogP contribution in [0.3, 0.4) is 0 Å². The third-order valence-corrected chi connectivity index (χ3v) is 4.72. The van der Waals surface area contributed by atoms with Crippen molar-refractivity contribution in [2.45, 2.75) is 23.0 Å². The fourth-order valence-electron chi connectivity index (χ4n) is 2.41. The quantitative estimate of drug-likeness (QED) is 0.846. The molecule has 3 heteroatoms. The Labute approximate surface area is 118 Å². The highest BCUT2D eigenvalue weighted by Crippen LogP contribution is 2.36. The van der Waals surface area contributed by atoms with E-state index in [-0.39, 0.29) is 0 Å². The standard InChI is InChI=1S/C16H18N2S/c1-2-6-16-14(5-1)10-15(19-16)12-18-9-7-13-4-3-8-17-11-13/h1-6,8,11,15,18H,7,9-10,12H2. The molecule has 0 saturated carbocycles. The third kappa shape index (κ3) is 3.37. The molecule has 3 rings (SSSR count). The summed E-state index contributed by atoms with van der Waals surface area (Å²) in [6.07, 6.45) is 6.02. The van der Waals surface area contributed by atoms with Gasteiger partial charge >= 0.3 is 0 Å². The van der Waals surface area contributed by atoms with Crippen molar-refractivity contribution in [3.8, 4) is 0 Å². The molecule has 1 N–H and O–H groups in total. The van der Waals surface area contributed by atoms with Crippen molar-refractivity contribution >= 4 is 11.8 Å². The van der Waals surface area contributed by atoms with Gasteiger partial charge in [0.2, 0.25) is 0 Å². The van der Waals surface area contributed by atoms with Gasteiger partial charge in [-0.15, -0.1) is 11.8 Å². The van der Waals surface area contributed by atoms with Gasteiger partial charge in [0.15, 0.2) is 0 Å². The first-order valence-corrected chi connectivity index (χ1v) is 7.64. The Morgan fingerprint density at radius 1 is 1.21 bits per heavy atom. The summed E-state index contributed by atoms with van der Waals surface area (Å²) in [4.78, 5) is 5.60. The van der Waals surface area contributed by atoms with E-state index in [2.05, 4.69) is 40.6 Å². The van der Waals surface area contributed by atoms with Crippen LogP contribution >= 0.6 is 11.8 Å². The van der Waals surface area contributed by atoms with Crippen molar-refractivity contribution in [3.05, 3.63) is 59.9 Å². The summed E-state index contributed by atoms with van der Waals surface area (Å²) in [7, 11) is 0. The molecule has 1 aliphatic heterocycles. The Morgan fingerprint density at radius 3 is 3.00 bits per heavy atom. The number of benzene rings is 1. The number of hydrogen-bond donors (Lipinski definition) is 1. The Morgan fingerprint density at radius 2 is 2.16 bits per heavy atom. The highest BCUT2D eigenvalue weighted by Gasteiger charge is 2.20. The summed E-state index contributed by atoms with van der Waals surface area (Å²) in [6, 6.07) is 12.9. The van der Waals surface area contributed by atoms with E-state index in [1.165, 1.54) is 22.4 Å². The number of fused-ring (bicyclic) bond motifs is 1. The van der Waals surface area contributed by atoms with E-state index in [1.54, 1.807) is 0 Å². The second kappa shape index (κ2) is 6.22. The van der Waals surface area contributed by atoms with E-state index in [0.717, 1.165) is 19.5 Å². The van der Waals surface area contributed by atoms with Crippen LogP contribution in [0.15, 0.2) is 53.7 Å². The third-order valence-electron chi connectivity index (χ3n) is 3.40. The molecule has 1 atom stereocenters. The van der Waals surface area contributed by atoms with Gasteiger partial charge in [-0.1, -0.05) is 24.3 Å². The van der Waals surface area contributed by atoms with Crippen LogP contribution in [0.25, 0.3) is 0 Å². The first-order valence-electron chi connectivity index (χ1n) is 6.76. The first kappa shape index (κ1) is 12.7. The smallest absolute Gasteiger partial charge is 0.0300 e.